The van der Waals surface area contributed by atoms with E-state index in [0.717, 1.165) is 31.9 Å². The molecule has 3 rings (SSSR count). The molecule has 1 atom stereocenters. The van der Waals surface area contributed by atoms with Gasteiger partial charge in [-0.3, -0.25) is 4.90 Å². The van der Waals surface area contributed by atoms with Gasteiger partial charge in [-0.25, -0.2) is 9.97 Å². The van der Waals surface area contributed by atoms with Crippen molar-refractivity contribution in [3.63, 3.8) is 0 Å². The van der Waals surface area contributed by atoms with Gasteiger partial charge in [0.1, 0.15) is 12.1 Å². The number of benzene rings is 1. The highest BCUT2D eigenvalue weighted by Gasteiger charge is 2.21. The minimum Gasteiger partial charge on any atom is -0.481 e. The zero-order chi connectivity index (χ0) is 15.9. The smallest absolute Gasteiger partial charge is 0.218 e. The Kier molecular flexibility index (Phi) is 5.21. The fraction of sp³-hybridized carbons (Fsp3) is 0.333. The first-order valence-electron chi connectivity index (χ1n) is 7.90. The number of ether oxygens (including phenoxy) is 1. The predicted octanol–water partition coefficient (Wildman–Crippen LogP) is 2.68. The molecule has 0 bridgehead atoms. The van der Waals surface area contributed by atoms with Crippen LogP contribution in [0.2, 0.25) is 0 Å². The van der Waals surface area contributed by atoms with Crippen LogP contribution in [0.1, 0.15) is 12.0 Å². The van der Waals surface area contributed by atoms with E-state index in [1.165, 1.54) is 11.9 Å². The van der Waals surface area contributed by atoms with E-state index in [9.17, 15) is 0 Å². The summed E-state index contributed by atoms with van der Waals surface area (Å²) < 4.78 is 5.12. The molecule has 0 radical (unpaired) electrons. The van der Waals surface area contributed by atoms with Crippen molar-refractivity contribution < 1.29 is 4.74 Å². The van der Waals surface area contributed by atoms with E-state index in [1.54, 1.807) is 7.11 Å². The van der Waals surface area contributed by atoms with Crippen LogP contribution in [0.5, 0.6) is 5.88 Å². The first-order valence-corrected chi connectivity index (χ1v) is 7.90. The lowest BCUT2D eigenvalue weighted by Crippen LogP contribution is -2.26. The second-order valence-electron chi connectivity index (χ2n) is 5.65. The molecule has 5 heteroatoms. The normalized spacial score (nSPS) is 18.4. The summed E-state index contributed by atoms with van der Waals surface area (Å²) in [6, 6.07) is 12.6. The first kappa shape index (κ1) is 15.5. The number of anilines is 1. The predicted molar refractivity (Wildman–Crippen MR) is 92.5 cm³/mol. The van der Waals surface area contributed by atoms with Gasteiger partial charge in [0.25, 0.3) is 0 Å². The van der Waals surface area contributed by atoms with Crippen molar-refractivity contribution in [2.24, 2.45) is 0 Å². The lowest BCUT2D eigenvalue weighted by Gasteiger charge is -2.15. The van der Waals surface area contributed by atoms with E-state index in [0.29, 0.717) is 11.9 Å². The van der Waals surface area contributed by atoms with E-state index in [-0.39, 0.29) is 0 Å². The van der Waals surface area contributed by atoms with Gasteiger partial charge < -0.3 is 10.1 Å². The zero-order valence-corrected chi connectivity index (χ0v) is 13.4. The quantitative estimate of drug-likeness (QED) is 0.889. The molecule has 1 aliphatic heterocycles. The Morgan fingerprint density at radius 2 is 2.17 bits per heavy atom. The molecule has 1 unspecified atom stereocenters. The van der Waals surface area contributed by atoms with Gasteiger partial charge in [0.05, 0.1) is 7.11 Å². The number of aromatic nitrogens is 2. The average molecular weight is 310 g/mol. The van der Waals surface area contributed by atoms with Crippen LogP contribution in [0, 0.1) is 0 Å². The highest BCUT2D eigenvalue weighted by atomic mass is 16.5. The van der Waals surface area contributed by atoms with Gasteiger partial charge >= 0.3 is 0 Å². The van der Waals surface area contributed by atoms with E-state index in [2.05, 4.69) is 56.6 Å². The maximum Gasteiger partial charge on any atom is 0.218 e. The number of methoxy groups -OCH3 is 1. The van der Waals surface area contributed by atoms with Gasteiger partial charge in [-0.15, -0.1) is 0 Å². The summed E-state index contributed by atoms with van der Waals surface area (Å²) in [5, 5.41) is 3.46. The van der Waals surface area contributed by atoms with Crippen LogP contribution in [-0.4, -0.2) is 47.7 Å². The molecular formula is C18H22N4O. The third-order valence-electron chi connectivity index (χ3n) is 3.95. The molecule has 1 aromatic carbocycles. The van der Waals surface area contributed by atoms with Gasteiger partial charge in [-0.2, -0.15) is 0 Å². The molecule has 2 aromatic rings. The van der Waals surface area contributed by atoms with Crippen LogP contribution in [0.25, 0.3) is 6.08 Å². The number of nitrogens with one attached hydrogen (secondary N) is 1. The summed E-state index contributed by atoms with van der Waals surface area (Å²) in [5.74, 6) is 1.41. The molecule has 5 nitrogen and oxygen atoms in total. The largest absolute Gasteiger partial charge is 0.481 e. The molecule has 0 spiro atoms. The second kappa shape index (κ2) is 7.74. The molecule has 0 saturated carbocycles. The van der Waals surface area contributed by atoms with Crippen molar-refractivity contribution >= 4 is 11.9 Å². The van der Waals surface area contributed by atoms with Crippen molar-refractivity contribution in [3.05, 3.63) is 54.4 Å². The molecule has 0 amide bonds. The lowest BCUT2D eigenvalue weighted by atomic mass is 10.2. The number of hydrogen-bond acceptors (Lipinski definition) is 5. The Morgan fingerprint density at radius 1 is 1.30 bits per heavy atom. The highest BCUT2D eigenvalue weighted by molar-refractivity contribution is 5.48. The van der Waals surface area contributed by atoms with Crippen molar-refractivity contribution in [2.45, 2.75) is 12.5 Å². The SMILES string of the molecule is COc1cc(NC2CCN(C/C=C/c3ccccc3)C2)ncn1. The van der Waals surface area contributed by atoms with Gasteiger partial charge in [-0.1, -0.05) is 42.5 Å². The fourth-order valence-electron chi connectivity index (χ4n) is 2.76. The highest BCUT2D eigenvalue weighted by Crippen LogP contribution is 2.16. The molecule has 1 fully saturated rings. The topological polar surface area (TPSA) is 50.3 Å². The Morgan fingerprint density at radius 3 is 3.00 bits per heavy atom. The maximum absolute atomic E-state index is 5.12. The zero-order valence-electron chi connectivity index (χ0n) is 13.4. The third-order valence-corrected chi connectivity index (χ3v) is 3.95. The van der Waals surface area contributed by atoms with Crippen LogP contribution in [0.3, 0.4) is 0 Å². The van der Waals surface area contributed by atoms with Crippen molar-refractivity contribution in [3.8, 4) is 5.88 Å². The van der Waals surface area contributed by atoms with E-state index < -0.39 is 0 Å². The minimum absolute atomic E-state index is 0.416. The Hall–Kier alpha value is -2.40. The van der Waals surface area contributed by atoms with Crippen molar-refractivity contribution in [2.75, 3.05) is 32.1 Å². The molecule has 1 aromatic heterocycles. The van der Waals surface area contributed by atoms with Gasteiger partial charge in [-0.05, 0) is 12.0 Å². The van der Waals surface area contributed by atoms with Crippen LogP contribution in [0.15, 0.2) is 48.8 Å². The molecule has 2 heterocycles. The van der Waals surface area contributed by atoms with Crippen LogP contribution >= 0.6 is 0 Å². The third kappa shape index (κ3) is 4.53. The molecule has 23 heavy (non-hydrogen) atoms. The van der Waals surface area contributed by atoms with Gasteiger partial charge in [0.2, 0.25) is 5.88 Å². The fourth-order valence-corrected chi connectivity index (χ4v) is 2.76. The summed E-state index contributed by atoms with van der Waals surface area (Å²) >= 11 is 0. The van der Waals surface area contributed by atoms with Crippen LogP contribution < -0.4 is 10.1 Å². The van der Waals surface area contributed by atoms with Crippen molar-refractivity contribution in [1.29, 1.82) is 0 Å². The van der Waals surface area contributed by atoms with Crippen LogP contribution in [0.4, 0.5) is 5.82 Å². The molecule has 1 N–H and O–H groups in total. The molecule has 1 aliphatic rings. The number of rotatable bonds is 6. The maximum atomic E-state index is 5.12. The molecule has 1 saturated heterocycles. The summed E-state index contributed by atoms with van der Waals surface area (Å²) in [4.78, 5) is 10.7. The second-order valence-corrected chi connectivity index (χ2v) is 5.65. The van der Waals surface area contributed by atoms with Gasteiger partial charge in [0.15, 0.2) is 0 Å². The van der Waals surface area contributed by atoms with Crippen LogP contribution in [-0.2, 0) is 0 Å². The summed E-state index contributed by atoms with van der Waals surface area (Å²) in [7, 11) is 1.61. The monoisotopic (exact) mass is 310 g/mol. The molecule has 120 valence electrons. The number of likely N-dealkylation sites (tertiary alicyclic amines) is 1. The summed E-state index contributed by atoms with van der Waals surface area (Å²) in [5.41, 5.74) is 1.24. The minimum atomic E-state index is 0.416. The Balaban J connectivity index is 1.47. The standard InChI is InChI=1S/C18H22N4O/c1-23-18-12-17(19-14-20-18)21-16-9-11-22(13-16)10-5-8-15-6-3-2-4-7-15/h2-8,12,14,16H,9-11,13H2,1H3,(H,19,20,21)/b8-5+. The van der Waals surface area contributed by atoms with E-state index in [1.807, 2.05) is 12.1 Å². The van der Waals surface area contributed by atoms with E-state index >= 15 is 0 Å². The van der Waals surface area contributed by atoms with Crippen molar-refractivity contribution in [1.82, 2.24) is 14.9 Å². The average Bonchev–Trinajstić information content (AvgIpc) is 3.03. The summed E-state index contributed by atoms with van der Waals surface area (Å²) in [6.45, 7) is 3.09. The number of hydrogen-bond donors (Lipinski definition) is 1. The summed E-state index contributed by atoms with van der Waals surface area (Å²) in [6.07, 6.45) is 7.05. The van der Waals surface area contributed by atoms with E-state index in [4.69, 9.17) is 4.74 Å². The molecule has 0 aliphatic carbocycles. The first-order chi connectivity index (χ1) is 11.3. The number of nitrogens with zero attached hydrogens (tertiary/aromatic N) is 3. The Labute approximate surface area is 137 Å². The molecular weight excluding hydrogens is 288 g/mol. The van der Waals surface area contributed by atoms with Gasteiger partial charge in [0, 0.05) is 31.7 Å². The Bertz CT molecular complexity index is 644. The lowest BCUT2D eigenvalue weighted by molar-refractivity contribution is 0.374.